The molecular formula is C15H16N2O. The van der Waals surface area contributed by atoms with Crippen LogP contribution in [-0.2, 0) is 6.42 Å². The van der Waals surface area contributed by atoms with Crippen LogP contribution < -0.4 is 0 Å². The van der Waals surface area contributed by atoms with E-state index in [4.69, 9.17) is 0 Å². The fourth-order valence-electron chi connectivity index (χ4n) is 1.84. The normalized spacial score (nSPS) is 10.3. The second-order valence-electron chi connectivity index (χ2n) is 4.25. The van der Waals surface area contributed by atoms with Crippen LogP contribution in [0.15, 0.2) is 42.6 Å². The van der Waals surface area contributed by atoms with Crippen molar-refractivity contribution in [3.63, 3.8) is 0 Å². The van der Waals surface area contributed by atoms with Gasteiger partial charge in [0.15, 0.2) is 5.78 Å². The largest absolute Gasteiger partial charge is 0.292 e. The number of ketones is 1. The number of hydrogen-bond donors (Lipinski definition) is 0. The molecule has 0 saturated carbocycles. The molecule has 0 saturated heterocycles. The Morgan fingerprint density at radius 1 is 1.17 bits per heavy atom. The zero-order valence-electron chi connectivity index (χ0n) is 10.5. The van der Waals surface area contributed by atoms with Crippen LogP contribution in [-0.4, -0.2) is 15.8 Å². The van der Waals surface area contributed by atoms with Crippen molar-refractivity contribution in [3.8, 4) is 0 Å². The summed E-state index contributed by atoms with van der Waals surface area (Å²) in [6.45, 7) is 1.79. The van der Waals surface area contributed by atoms with Crippen LogP contribution in [0.1, 0.15) is 34.7 Å². The molecule has 18 heavy (non-hydrogen) atoms. The molecule has 0 aliphatic rings. The highest BCUT2D eigenvalue weighted by atomic mass is 16.1. The summed E-state index contributed by atoms with van der Waals surface area (Å²) in [5.41, 5.74) is 1.79. The van der Waals surface area contributed by atoms with Crippen LogP contribution in [0.5, 0.6) is 0 Å². The topological polar surface area (TPSA) is 42.9 Å². The molecule has 0 radical (unpaired) electrons. The molecule has 0 bridgehead atoms. The van der Waals surface area contributed by atoms with Crippen molar-refractivity contribution in [3.05, 3.63) is 59.7 Å². The molecule has 3 heteroatoms. The third kappa shape index (κ3) is 3.48. The Hall–Kier alpha value is -2.03. The minimum absolute atomic E-state index is 0.0939. The van der Waals surface area contributed by atoms with Gasteiger partial charge in [-0.2, -0.15) is 0 Å². The minimum Gasteiger partial charge on any atom is -0.292 e. The Labute approximate surface area is 107 Å². The van der Waals surface area contributed by atoms with E-state index >= 15 is 0 Å². The first-order chi connectivity index (χ1) is 8.75. The Morgan fingerprint density at radius 2 is 1.94 bits per heavy atom. The van der Waals surface area contributed by atoms with E-state index in [-0.39, 0.29) is 5.78 Å². The molecule has 0 amide bonds. The van der Waals surface area contributed by atoms with Gasteiger partial charge in [0.1, 0.15) is 11.5 Å². The molecule has 0 unspecified atom stereocenters. The zero-order valence-corrected chi connectivity index (χ0v) is 10.5. The van der Waals surface area contributed by atoms with Gasteiger partial charge in [-0.05, 0) is 31.4 Å². The molecule has 0 spiro atoms. The van der Waals surface area contributed by atoms with E-state index in [1.165, 1.54) is 5.56 Å². The van der Waals surface area contributed by atoms with Gasteiger partial charge in [0.2, 0.25) is 0 Å². The summed E-state index contributed by atoms with van der Waals surface area (Å²) >= 11 is 0. The van der Waals surface area contributed by atoms with Gasteiger partial charge in [0.05, 0.1) is 0 Å². The standard InChI is InChI=1S/C15H16N2O/c1-12-16-11-10-14(17-12)15(18)9-5-8-13-6-3-2-4-7-13/h2-4,6-7,10-11H,5,8-9H2,1H3. The summed E-state index contributed by atoms with van der Waals surface area (Å²) in [5.74, 6) is 0.736. The van der Waals surface area contributed by atoms with E-state index in [1.54, 1.807) is 19.2 Å². The van der Waals surface area contributed by atoms with Crippen molar-refractivity contribution in [1.82, 2.24) is 9.97 Å². The number of aryl methyl sites for hydroxylation is 2. The summed E-state index contributed by atoms with van der Waals surface area (Å²) < 4.78 is 0. The van der Waals surface area contributed by atoms with Gasteiger partial charge in [-0.1, -0.05) is 30.3 Å². The van der Waals surface area contributed by atoms with Crippen LogP contribution in [0.3, 0.4) is 0 Å². The lowest BCUT2D eigenvalue weighted by atomic mass is 10.1. The van der Waals surface area contributed by atoms with Gasteiger partial charge in [-0.25, -0.2) is 9.97 Å². The smallest absolute Gasteiger partial charge is 0.181 e. The van der Waals surface area contributed by atoms with E-state index in [2.05, 4.69) is 22.1 Å². The number of hydrogen-bond acceptors (Lipinski definition) is 3. The molecule has 0 fully saturated rings. The molecule has 1 heterocycles. The predicted molar refractivity (Wildman–Crippen MR) is 70.5 cm³/mol. The van der Waals surface area contributed by atoms with E-state index in [9.17, 15) is 4.79 Å². The zero-order chi connectivity index (χ0) is 12.8. The molecular weight excluding hydrogens is 224 g/mol. The number of rotatable bonds is 5. The number of benzene rings is 1. The fraction of sp³-hybridized carbons (Fsp3) is 0.267. The molecule has 0 atom stereocenters. The Balaban J connectivity index is 1.86. The van der Waals surface area contributed by atoms with Crippen LogP contribution in [0.2, 0.25) is 0 Å². The van der Waals surface area contributed by atoms with Crippen molar-refractivity contribution < 1.29 is 4.79 Å². The van der Waals surface area contributed by atoms with Crippen molar-refractivity contribution in [2.45, 2.75) is 26.2 Å². The second kappa shape index (κ2) is 6.05. The quantitative estimate of drug-likeness (QED) is 0.754. The van der Waals surface area contributed by atoms with Crippen molar-refractivity contribution >= 4 is 5.78 Å². The molecule has 0 aliphatic carbocycles. The highest BCUT2D eigenvalue weighted by Crippen LogP contribution is 2.07. The van der Waals surface area contributed by atoms with E-state index in [1.807, 2.05) is 18.2 Å². The highest BCUT2D eigenvalue weighted by Gasteiger charge is 2.07. The lowest BCUT2D eigenvalue weighted by Crippen LogP contribution is -2.04. The molecule has 0 aliphatic heterocycles. The second-order valence-corrected chi connectivity index (χ2v) is 4.25. The summed E-state index contributed by atoms with van der Waals surface area (Å²) in [7, 11) is 0. The lowest BCUT2D eigenvalue weighted by Gasteiger charge is -2.02. The number of Topliss-reactive ketones (excluding diaryl/α,β-unsaturated/α-hetero) is 1. The minimum atomic E-state index is 0.0939. The summed E-state index contributed by atoms with van der Waals surface area (Å²) in [6, 6.07) is 11.9. The van der Waals surface area contributed by atoms with Gasteiger partial charge < -0.3 is 0 Å². The van der Waals surface area contributed by atoms with Crippen LogP contribution in [0, 0.1) is 6.92 Å². The number of carbonyl (C=O) groups excluding carboxylic acids is 1. The average molecular weight is 240 g/mol. The average Bonchev–Trinajstić information content (AvgIpc) is 2.40. The maximum Gasteiger partial charge on any atom is 0.181 e. The number of nitrogens with zero attached hydrogens (tertiary/aromatic N) is 2. The van der Waals surface area contributed by atoms with Crippen molar-refractivity contribution in [2.24, 2.45) is 0 Å². The van der Waals surface area contributed by atoms with Gasteiger partial charge in [-0.15, -0.1) is 0 Å². The third-order valence-electron chi connectivity index (χ3n) is 2.77. The predicted octanol–water partition coefficient (Wildman–Crippen LogP) is 2.99. The van der Waals surface area contributed by atoms with Gasteiger partial charge >= 0.3 is 0 Å². The Bertz CT molecular complexity index is 523. The van der Waals surface area contributed by atoms with Gasteiger partial charge in [-0.3, -0.25) is 4.79 Å². The van der Waals surface area contributed by atoms with Gasteiger partial charge in [0.25, 0.3) is 0 Å². The molecule has 2 aromatic rings. The molecule has 1 aromatic carbocycles. The van der Waals surface area contributed by atoms with Crippen molar-refractivity contribution in [2.75, 3.05) is 0 Å². The Morgan fingerprint density at radius 3 is 2.67 bits per heavy atom. The fourth-order valence-corrected chi connectivity index (χ4v) is 1.84. The SMILES string of the molecule is Cc1nccc(C(=O)CCCc2ccccc2)n1. The first kappa shape index (κ1) is 12.4. The molecule has 0 N–H and O–H groups in total. The maximum absolute atomic E-state index is 11.9. The summed E-state index contributed by atoms with van der Waals surface area (Å²) in [6.07, 6.45) is 3.95. The van der Waals surface area contributed by atoms with Crippen LogP contribution >= 0.6 is 0 Å². The lowest BCUT2D eigenvalue weighted by molar-refractivity contribution is 0.0975. The van der Waals surface area contributed by atoms with Crippen LogP contribution in [0.4, 0.5) is 0 Å². The maximum atomic E-state index is 11.9. The monoisotopic (exact) mass is 240 g/mol. The summed E-state index contributed by atoms with van der Waals surface area (Å²) in [5, 5.41) is 0. The first-order valence-electron chi connectivity index (χ1n) is 6.12. The van der Waals surface area contributed by atoms with E-state index in [0.717, 1.165) is 12.8 Å². The number of carbonyl (C=O) groups is 1. The van der Waals surface area contributed by atoms with E-state index in [0.29, 0.717) is 17.9 Å². The highest BCUT2D eigenvalue weighted by molar-refractivity contribution is 5.94. The summed E-state index contributed by atoms with van der Waals surface area (Å²) in [4.78, 5) is 20.0. The molecule has 3 nitrogen and oxygen atoms in total. The van der Waals surface area contributed by atoms with E-state index < -0.39 is 0 Å². The van der Waals surface area contributed by atoms with Gasteiger partial charge in [0, 0.05) is 12.6 Å². The Kier molecular flexibility index (Phi) is 4.18. The third-order valence-corrected chi connectivity index (χ3v) is 2.77. The van der Waals surface area contributed by atoms with Crippen molar-refractivity contribution in [1.29, 1.82) is 0 Å². The molecule has 92 valence electrons. The molecule has 2 rings (SSSR count). The molecule has 1 aromatic heterocycles. The number of aromatic nitrogens is 2. The van der Waals surface area contributed by atoms with Crippen LogP contribution in [0.25, 0.3) is 0 Å². The first-order valence-corrected chi connectivity index (χ1v) is 6.12.